The summed E-state index contributed by atoms with van der Waals surface area (Å²) in [4.78, 5) is 2.56. The van der Waals surface area contributed by atoms with Crippen LogP contribution >= 0.6 is 0 Å². The highest BCUT2D eigenvalue weighted by Gasteiger charge is 2.52. The van der Waals surface area contributed by atoms with Crippen LogP contribution in [-0.4, -0.2) is 42.8 Å². The van der Waals surface area contributed by atoms with Crippen molar-refractivity contribution in [2.24, 2.45) is 11.1 Å². The van der Waals surface area contributed by atoms with Gasteiger partial charge in [-0.15, -0.1) is 0 Å². The lowest BCUT2D eigenvalue weighted by atomic mass is 9.64. The minimum absolute atomic E-state index is 0.306. The molecule has 0 amide bonds. The number of likely N-dealkylation sites (tertiary alicyclic amines) is 1. The molecule has 1 heterocycles. The van der Waals surface area contributed by atoms with E-state index in [1.54, 1.807) is 0 Å². The highest BCUT2D eigenvalue weighted by atomic mass is 16.5. The zero-order valence-electron chi connectivity index (χ0n) is 10.2. The zero-order chi connectivity index (χ0) is 11.1. The predicted octanol–water partition coefficient (Wildman–Crippen LogP) is 1.22. The van der Waals surface area contributed by atoms with Gasteiger partial charge < -0.3 is 10.5 Å². The second kappa shape index (κ2) is 4.04. The highest BCUT2D eigenvalue weighted by Crippen LogP contribution is 2.46. The number of hydrogen-bond donors (Lipinski definition) is 1. The lowest BCUT2D eigenvalue weighted by Gasteiger charge is -2.55. The van der Waals surface area contributed by atoms with Gasteiger partial charge in [-0.1, -0.05) is 13.8 Å². The molecule has 1 aliphatic heterocycles. The van der Waals surface area contributed by atoms with Gasteiger partial charge in [0.1, 0.15) is 0 Å². The van der Waals surface area contributed by atoms with Crippen molar-refractivity contribution < 1.29 is 4.74 Å². The lowest BCUT2D eigenvalue weighted by Crippen LogP contribution is -2.61. The topological polar surface area (TPSA) is 38.5 Å². The summed E-state index contributed by atoms with van der Waals surface area (Å²) < 4.78 is 5.75. The Bertz CT molecular complexity index is 230. The van der Waals surface area contributed by atoms with E-state index >= 15 is 0 Å². The van der Waals surface area contributed by atoms with E-state index in [4.69, 9.17) is 10.5 Å². The summed E-state index contributed by atoms with van der Waals surface area (Å²) >= 11 is 0. The maximum absolute atomic E-state index is 5.95. The van der Waals surface area contributed by atoms with Gasteiger partial charge in [0.2, 0.25) is 0 Å². The van der Waals surface area contributed by atoms with E-state index in [0.717, 1.165) is 19.6 Å². The highest BCUT2D eigenvalue weighted by molar-refractivity contribution is 5.05. The third-order valence-electron chi connectivity index (χ3n) is 4.19. The first kappa shape index (κ1) is 11.4. The van der Waals surface area contributed by atoms with Crippen LogP contribution in [0.3, 0.4) is 0 Å². The van der Waals surface area contributed by atoms with E-state index in [0.29, 0.717) is 23.6 Å². The van der Waals surface area contributed by atoms with Crippen LogP contribution in [0.5, 0.6) is 0 Å². The van der Waals surface area contributed by atoms with E-state index < -0.39 is 0 Å². The number of hydrogen-bond acceptors (Lipinski definition) is 3. The average molecular weight is 212 g/mol. The molecule has 2 fully saturated rings. The maximum Gasteiger partial charge on any atom is 0.0655 e. The third kappa shape index (κ3) is 1.93. The van der Waals surface area contributed by atoms with Gasteiger partial charge in [0.15, 0.2) is 0 Å². The molecule has 2 aliphatic rings. The zero-order valence-corrected chi connectivity index (χ0v) is 10.2. The summed E-state index contributed by atoms with van der Waals surface area (Å²) in [5.41, 5.74) is 6.26. The van der Waals surface area contributed by atoms with Crippen molar-refractivity contribution >= 4 is 0 Å². The molecule has 0 aromatic rings. The molecule has 2 rings (SSSR count). The molecule has 3 heteroatoms. The Morgan fingerprint density at radius 2 is 2.20 bits per heavy atom. The molecule has 1 saturated carbocycles. The third-order valence-corrected chi connectivity index (χ3v) is 4.19. The van der Waals surface area contributed by atoms with Gasteiger partial charge in [0.25, 0.3) is 0 Å². The van der Waals surface area contributed by atoms with E-state index in [1.165, 1.54) is 13.0 Å². The van der Waals surface area contributed by atoms with Crippen LogP contribution in [0.15, 0.2) is 0 Å². The molecule has 0 aromatic heterocycles. The van der Waals surface area contributed by atoms with Crippen LogP contribution in [0.4, 0.5) is 0 Å². The summed E-state index contributed by atoms with van der Waals surface area (Å²) in [7, 11) is 0. The minimum atomic E-state index is 0.306. The Morgan fingerprint density at radius 3 is 2.67 bits per heavy atom. The molecule has 0 spiro atoms. The molecule has 3 unspecified atom stereocenters. The van der Waals surface area contributed by atoms with Crippen molar-refractivity contribution in [1.82, 2.24) is 4.90 Å². The van der Waals surface area contributed by atoms with Gasteiger partial charge >= 0.3 is 0 Å². The fourth-order valence-electron chi connectivity index (χ4n) is 3.07. The minimum Gasteiger partial charge on any atom is -0.378 e. The Balaban J connectivity index is 1.91. The number of nitrogens with zero attached hydrogens (tertiary/aromatic N) is 1. The number of nitrogens with two attached hydrogens (primary N) is 1. The molecule has 3 nitrogen and oxygen atoms in total. The Labute approximate surface area is 93.0 Å². The van der Waals surface area contributed by atoms with Crippen molar-refractivity contribution in [2.45, 2.75) is 51.8 Å². The summed E-state index contributed by atoms with van der Waals surface area (Å²) in [6.45, 7) is 9.81. The summed E-state index contributed by atoms with van der Waals surface area (Å²) in [6.07, 6.45) is 2.80. The first-order valence-corrected chi connectivity index (χ1v) is 6.17. The van der Waals surface area contributed by atoms with E-state index in [2.05, 4.69) is 25.7 Å². The van der Waals surface area contributed by atoms with Gasteiger partial charge in [0, 0.05) is 37.2 Å². The molecule has 88 valence electrons. The summed E-state index contributed by atoms with van der Waals surface area (Å²) in [5.74, 6) is 0. The molecular weight excluding hydrogens is 188 g/mol. The molecule has 0 aromatic carbocycles. The summed E-state index contributed by atoms with van der Waals surface area (Å²) in [6, 6.07) is 1.08. The van der Waals surface area contributed by atoms with Crippen LogP contribution in [0.25, 0.3) is 0 Å². The Kier molecular flexibility index (Phi) is 3.06. The largest absolute Gasteiger partial charge is 0.378 e. The van der Waals surface area contributed by atoms with E-state index in [-0.39, 0.29) is 0 Å². The molecule has 3 atom stereocenters. The second-order valence-electron chi connectivity index (χ2n) is 5.56. The molecule has 15 heavy (non-hydrogen) atoms. The van der Waals surface area contributed by atoms with Crippen LogP contribution in [0.1, 0.15) is 33.6 Å². The average Bonchev–Trinajstić information content (AvgIpc) is 2.58. The number of rotatable bonds is 3. The normalized spacial score (nSPS) is 40.4. The van der Waals surface area contributed by atoms with Gasteiger partial charge in [-0.2, -0.15) is 0 Å². The first-order valence-electron chi connectivity index (χ1n) is 6.17. The number of ether oxygens (including phenoxy) is 1. The van der Waals surface area contributed by atoms with Crippen molar-refractivity contribution in [3.05, 3.63) is 0 Å². The van der Waals surface area contributed by atoms with Gasteiger partial charge in [-0.3, -0.25) is 4.90 Å². The van der Waals surface area contributed by atoms with Crippen LogP contribution in [0, 0.1) is 5.41 Å². The molecule has 0 bridgehead atoms. The Hall–Kier alpha value is -0.120. The van der Waals surface area contributed by atoms with Crippen molar-refractivity contribution in [2.75, 3.05) is 19.7 Å². The van der Waals surface area contributed by atoms with Gasteiger partial charge in [-0.05, 0) is 19.8 Å². The molecule has 1 saturated heterocycles. The Morgan fingerprint density at radius 1 is 1.47 bits per heavy atom. The van der Waals surface area contributed by atoms with Crippen LogP contribution < -0.4 is 5.73 Å². The fraction of sp³-hybridized carbons (Fsp3) is 1.00. The summed E-state index contributed by atoms with van der Waals surface area (Å²) in [5, 5.41) is 0. The monoisotopic (exact) mass is 212 g/mol. The standard InChI is InChI=1S/C12H24N2O/c1-4-15-11-7-10(12(11,2)3)14-6-5-9(13)8-14/h9-11H,4-8,13H2,1-3H3. The van der Waals surface area contributed by atoms with Crippen molar-refractivity contribution in [1.29, 1.82) is 0 Å². The van der Waals surface area contributed by atoms with Gasteiger partial charge in [-0.25, -0.2) is 0 Å². The van der Waals surface area contributed by atoms with E-state index in [1.807, 2.05) is 0 Å². The van der Waals surface area contributed by atoms with Crippen molar-refractivity contribution in [3.8, 4) is 0 Å². The maximum atomic E-state index is 5.95. The fourth-order valence-corrected chi connectivity index (χ4v) is 3.07. The SMILES string of the molecule is CCOC1CC(N2CCC(N)C2)C1(C)C. The van der Waals surface area contributed by atoms with Crippen LogP contribution in [0.2, 0.25) is 0 Å². The molecule has 0 radical (unpaired) electrons. The van der Waals surface area contributed by atoms with Gasteiger partial charge in [0.05, 0.1) is 6.10 Å². The smallest absolute Gasteiger partial charge is 0.0655 e. The second-order valence-corrected chi connectivity index (χ2v) is 5.56. The first-order chi connectivity index (χ1) is 7.05. The molecule has 2 N–H and O–H groups in total. The van der Waals surface area contributed by atoms with Crippen LogP contribution in [-0.2, 0) is 4.74 Å². The lowest BCUT2D eigenvalue weighted by molar-refractivity contribution is -0.145. The van der Waals surface area contributed by atoms with Crippen molar-refractivity contribution in [3.63, 3.8) is 0 Å². The quantitative estimate of drug-likeness (QED) is 0.764. The van der Waals surface area contributed by atoms with E-state index in [9.17, 15) is 0 Å². The predicted molar refractivity (Wildman–Crippen MR) is 61.8 cm³/mol. The molecular formula is C12H24N2O. The molecule has 1 aliphatic carbocycles.